The Morgan fingerprint density at radius 2 is 1.57 bits per heavy atom. The Bertz CT molecular complexity index is 1520. The summed E-state index contributed by atoms with van der Waals surface area (Å²) in [5, 5.41) is 0.596. The lowest BCUT2D eigenvalue weighted by Crippen LogP contribution is -2.39. The standard InChI is InChI=1S/C30H36N4O4S2/c1-5-32(6-2)20-21-33(30-31-27-19-16-25(38-8-4)22-28(27)39-30)29(35)23-14-17-26(18-15-23)40(36,37)34(7-3)24-12-10-9-11-13-24/h9-19,22H,5-8,20-21H2,1-4H3. The molecule has 0 fully saturated rings. The van der Waals surface area contributed by atoms with Crippen LogP contribution in [0.1, 0.15) is 38.1 Å². The molecule has 0 bridgehead atoms. The molecule has 0 unspecified atom stereocenters. The van der Waals surface area contributed by atoms with Crippen molar-refractivity contribution in [2.75, 3.05) is 48.5 Å². The summed E-state index contributed by atoms with van der Waals surface area (Å²) < 4.78 is 34.8. The number of thiazole rings is 1. The van der Waals surface area contributed by atoms with Crippen LogP contribution in [-0.2, 0) is 10.0 Å². The maximum atomic E-state index is 13.8. The van der Waals surface area contributed by atoms with E-state index in [1.165, 1.54) is 27.8 Å². The first-order chi connectivity index (χ1) is 19.3. The number of hydrogen-bond acceptors (Lipinski definition) is 7. The van der Waals surface area contributed by atoms with Gasteiger partial charge < -0.3 is 9.64 Å². The molecule has 0 atom stereocenters. The molecule has 0 N–H and O–H groups in total. The van der Waals surface area contributed by atoms with Crippen LogP contribution in [0.2, 0.25) is 0 Å². The number of ether oxygens (including phenoxy) is 1. The van der Waals surface area contributed by atoms with E-state index >= 15 is 0 Å². The van der Waals surface area contributed by atoms with E-state index in [0.29, 0.717) is 36.1 Å². The zero-order chi connectivity index (χ0) is 28.7. The Labute approximate surface area is 240 Å². The Kier molecular flexibility index (Phi) is 9.78. The van der Waals surface area contributed by atoms with E-state index in [9.17, 15) is 13.2 Å². The minimum Gasteiger partial charge on any atom is -0.494 e. The van der Waals surface area contributed by atoms with Crippen LogP contribution in [0.5, 0.6) is 5.75 Å². The highest BCUT2D eigenvalue weighted by Gasteiger charge is 2.26. The summed E-state index contributed by atoms with van der Waals surface area (Å²) in [4.78, 5) is 22.7. The van der Waals surface area contributed by atoms with E-state index < -0.39 is 10.0 Å². The van der Waals surface area contributed by atoms with Crippen LogP contribution >= 0.6 is 11.3 Å². The third-order valence-corrected chi connectivity index (χ3v) is 9.65. The van der Waals surface area contributed by atoms with Gasteiger partial charge >= 0.3 is 0 Å². The molecule has 0 radical (unpaired) electrons. The number of para-hydroxylation sites is 1. The van der Waals surface area contributed by atoms with Gasteiger partial charge in [0.25, 0.3) is 15.9 Å². The first kappa shape index (κ1) is 29.5. The minimum absolute atomic E-state index is 0.132. The highest BCUT2D eigenvalue weighted by Crippen LogP contribution is 2.32. The van der Waals surface area contributed by atoms with Crippen molar-refractivity contribution >= 4 is 48.3 Å². The predicted molar refractivity (Wildman–Crippen MR) is 163 cm³/mol. The molecule has 1 aromatic heterocycles. The van der Waals surface area contributed by atoms with Crippen LogP contribution in [0.25, 0.3) is 10.2 Å². The van der Waals surface area contributed by atoms with Crippen molar-refractivity contribution in [3.05, 3.63) is 78.4 Å². The van der Waals surface area contributed by atoms with E-state index in [4.69, 9.17) is 9.72 Å². The highest BCUT2D eigenvalue weighted by molar-refractivity contribution is 7.92. The molecule has 212 valence electrons. The Morgan fingerprint density at radius 3 is 2.20 bits per heavy atom. The van der Waals surface area contributed by atoms with Gasteiger partial charge in [0.15, 0.2) is 5.13 Å². The summed E-state index contributed by atoms with van der Waals surface area (Å²) in [6.45, 7) is 11.7. The topological polar surface area (TPSA) is 83.0 Å². The molecule has 4 rings (SSSR count). The summed E-state index contributed by atoms with van der Waals surface area (Å²) in [6, 6.07) is 20.9. The van der Waals surface area contributed by atoms with E-state index in [-0.39, 0.29) is 17.3 Å². The lowest BCUT2D eigenvalue weighted by Gasteiger charge is -2.25. The van der Waals surface area contributed by atoms with Gasteiger partial charge in [-0.05, 0) is 81.5 Å². The van der Waals surface area contributed by atoms with Gasteiger partial charge in [-0.1, -0.05) is 43.4 Å². The van der Waals surface area contributed by atoms with Crippen molar-refractivity contribution in [1.29, 1.82) is 0 Å². The number of aromatic nitrogens is 1. The predicted octanol–water partition coefficient (Wildman–Crippen LogP) is 5.90. The third kappa shape index (κ3) is 6.46. The minimum atomic E-state index is -3.79. The van der Waals surface area contributed by atoms with Gasteiger partial charge in [0.1, 0.15) is 5.75 Å². The average Bonchev–Trinajstić information content (AvgIpc) is 3.39. The lowest BCUT2D eigenvalue weighted by atomic mass is 10.2. The first-order valence-corrected chi connectivity index (χ1v) is 15.8. The number of nitrogens with zero attached hydrogens (tertiary/aromatic N) is 4. The Morgan fingerprint density at radius 1 is 0.875 bits per heavy atom. The van der Waals surface area contributed by atoms with E-state index in [0.717, 1.165) is 29.1 Å². The monoisotopic (exact) mass is 580 g/mol. The number of rotatable bonds is 13. The normalized spacial score (nSPS) is 11.6. The third-order valence-electron chi connectivity index (χ3n) is 6.69. The number of carbonyl (C=O) groups excluding carboxylic acids is 1. The molecule has 4 aromatic rings. The summed E-state index contributed by atoms with van der Waals surface area (Å²) in [5.74, 6) is 0.537. The number of benzene rings is 3. The second kappa shape index (κ2) is 13.3. The molecule has 10 heteroatoms. The lowest BCUT2D eigenvalue weighted by molar-refractivity contribution is 0.0983. The molecule has 0 spiro atoms. The van der Waals surface area contributed by atoms with Crippen LogP contribution in [0.3, 0.4) is 0 Å². The van der Waals surface area contributed by atoms with E-state index in [1.807, 2.05) is 43.3 Å². The quantitative estimate of drug-likeness (QED) is 0.196. The molecule has 1 amide bonds. The van der Waals surface area contributed by atoms with Gasteiger partial charge in [-0.15, -0.1) is 0 Å². The molecular formula is C30H36N4O4S2. The first-order valence-electron chi connectivity index (χ1n) is 13.6. The van der Waals surface area contributed by atoms with Gasteiger partial charge in [-0.25, -0.2) is 13.4 Å². The number of fused-ring (bicyclic) bond motifs is 1. The highest BCUT2D eigenvalue weighted by atomic mass is 32.2. The smallest absolute Gasteiger partial charge is 0.264 e. The fourth-order valence-electron chi connectivity index (χ4n) is 4.47. The average molecular weight is 581 g/mol. The van der Waals surface area contributed by atoms with Crippen molar-refractivity contribution in [1.82, 2.24) is 9.88 Å². The molecular weight excluding hydrogens is 544 g/mol. The number of anilines is 2. The number of hydrogen-bond donors (Lipinski definition) is 0. The molecule has 8 nitrogen and oxygen atoms in total. The largest absolute Gasteiger partial charge is 0.494 e. The Balaban J connectivity index is 1.64. The molecule has 0 saturated carbocycles. The molecule has 0 aliphatic carbocycles. The van der Waals surface area contributed by atoms with Crippen molar-refractivity contribution < 1.29 is 17.9 Å². The van der Waals surface area contributed by atoms with Crippen molar-refractivity contribution in [2.24, 2.45) is 0 Å². The second-order valence-corrected chi connectivity index (χ2v) is 11.9. The molecule has 1 heterocycles. The van der Waals surface area contributed by atoms with Crippen LogP contribution in [0.4, 0.5) is 10.8 Å². The van der Waals surface area contributed by atoms with Gasteiger partial charge in [-0.3, -0.25) is 14.0 Å². The van der Waals surface area contributed by atoms with E-state index in [2.05, 4.69) is 18.7 Å². The molecule has 40 heavy (non-hydrogen) atoms. The maximum Gasteiger partial charge on any atom is 0.264 e. The van der Waals surface area contributed by atoms with Crippen molar-refractivity contribution in [3.8, 4) is 5.75 Å². The molecule has 0 aliphatic heterocycles. The molecule has 0 aliphatic rings. The summed E-state index contributed by atoms with van der Waals surface area (Å²) >= 11 is 1.44. The Hall–Kier alpha value is -3.47. The fraction of sp³-hybridized carbons (Fsp3) is 0.333. The second-order valence-electron chi connectivity index (χ2n) is 9.07. The summed E-state index contributed by atoms with van der Waals surface area (Å²) in [5.41, 5.74) is 1.79. The van der Waals surface area contributed by atoms with Crippen LogP contribution < -0.4 is 13.9 Å². The van der Waals surface area contributed by atoms with Gasteiger partial charge in [0, 0.05) is 25.2 Å². The zero-order valence-electron chi connectivity index (χ0n) is 23.4. The van der Waals surface area contributed by atoms with Gasteiger partial charge in [-0.2, -0.15) is 0 Å². The molecule has 0 saturated heterocycles. The summed E-state index contributed by atoms with van der Waals surface area (Å²) in [7, 11) is -3.79. The number of sulfonamides is 1. The maximum absolute atomic E-state index is 13.8. The fourth-order valence-corrected chi connectivity index (χ4v) is 6.96. The van der Waals surface area contributed by atoms with Crippen molar-refractivity contribution in [3.63, 3.8) is 0 Å². The van der Waals surface area contributed by atoms with Gasteiger partial charge in [0.05, 0.1) is 27.4 Å². The SMILES string of the molecule is CCOc1ccc2nc(N(CCN(CC)CC)C(=O)c3ccc(S(=O)(=O)N(CC)c4ccccc4)cc3)sc2c1. The van der Waals surface area contributed by atoms with Crippen LogP contribution in [-0.4, -0.2) is 63.5 Å². The van der Waals surface area contributed by atoms with E-state index in [1.54, 1.807) is 36.1 Å². The van der Waals surface area contributed by atoms with Gasteiger partial charge in [0.2, 0.25) is 0 Å². The number of amides is 1. The van der Waals surface area contributed by atoms with Crippen molar-refractivity contribution in [2.45, 2.75) is 32.6 Å². The number of carbonyl (C=O) groups is 1. The molecule has 3 aromatic carbocycles. The summed E-state index contributed by atoms with van der Waals surface area (Å²) in [6.07, 6.45) is 0. The van der Waals surface area contributed by atoms with Crippen LogP contribution in [0, 0.1) is 0 Å². The van der Waals surface area contributed by atoms with Crippen LogP contribution in [0.15, 0.2) is 77.7 Å². The number of likely N-dealkylation sites (N-methyl/N-ethyl adjacent to an activating group) is 1. The zero-order valence-corrected chi connectivity index (χ0v) is 25.0.